The normalized spacial score (nSPS) is 15.5. The largest absolute Gasteiger partial charge is 0.487 e. The van der Waals surface area contributed by atoms with Crippen LogP contribution in [0.2, 0.25) is 5.02 Å². The number of hydrogen-bond acceptors (Lipinski definition) is 8. The minimum Gasteiger partial charge on any atom is -0.487 e. The first-order chi connectivity index (χ1) is 20.9. The van der Waals surface area contributed by atoms with Gasteiger partial charge in [-0.25, -0.2) is 14.2 Å². The van der Waals surface area contributed by atoms with Crippen molar-refractivity contribution in [2.75, 3.05) is 56.6 Å². The lowest BCUT2D eigenvalue weighted by atomic mass is 10.0. The molecule has 3 amide bonds. The molecule has 1 saturated heterocycles. The third-order valence-electron chi connectivity index (χ3n) is 7.11. The maximum Gasteiger partial charge on any atom is 0.416 e. The molecular formula is C31H34ClFN6O5. The Bertz CT molecular complexity index is 1600. The summed E-state index contributed by atoms with van der Waals surface area (Å²) in [6, 6.07) is 7.50. The Morgan fingerprint density at radius 1 is 1.11 bits per heavy atom. The van der Waals surface area contributed by atoms with Crippen molar-refractivity contribution in [3.8, 4) is 28.1 Å². The van der Waals surface area contributed by atoms with Gasteiger partial charge in [-0.1, -0.05) is 11.6 Å². The number of nitrogens with zero attached hydrogens (tertiary/aromatic N) is 5. The van der Waals surface area contributed by atoms with Gasteiger partial charge in [0.2, 0.25) is 11.8 Å². The van der Waals surface area contributed by atoms with E-state index in [1.807, 2.05) is 4.90 Å². The molecule has 13 heteroatoms. The number of fused-ring (bicyclic) bond motifs is 1. The first kappa shape index (κ1) is 31.1. The minimum atomic E-state index is -0.759. The minimum absolute atomic E-state index is 0.0266. The molecule has 44 heavy (non-hydrogen) atoms. The van der Waals surface area contributed by atoms with Crippen molar-refractivity contribution in [3.63, 3.8) is 0 Å². The Balaban J connectivity index is 1.47. The molecule has 0 spiro atoms. The molecule has 2 aliphatic heterocycles. The lowest BCUT2D eigenvalue weighted by molar-refractivity contribution is -0.134. The number of halogens is 2. The zero-order chi connectivity index (χ0) is 31.6. The van der Waals surface area contributed by atoms with Crippen LogP contribution in [0, 0.1) is 5.82 Å². The maximum atomic E-state index is 15.0. The molecule has 1 N–H and O–H groups in total. The van der Waals surface area contributed by atoms with Crippen LogP contribution >= 0.6 is 11.6 Å². The van der Waals surface area contributed by atoms with Gasteiger partial charge in [0.15, 0.2) is 11.6 Å². The van der Waals surface area contributed by atoms with E-state index in [0.29, 0.717) is 47.2 Å². The van der Waals surface area contributed by atoms with Crippen molar-refractivity contribution in [1.29, 1.82) is 0 Å². The molecular weight excluding hydrogens is 591 g/mol. The van der Waals surface area contributed by atoms with Crippen LogP contribution < -0.4 is 15.0 Å². The number of nitrogens with one attached hydrogen (secondary N) is 1. The second-order valence-corrected chi connectivity index (χ2v) is 12.1. The highest BCUT2D eigenvalue weighted by Crippen LogP contribution is 2.43. The molecule has 0 saturated carbocycles. The molecule has 5 rings (SSSR count). The highest BCUT2D eigenvalue weighted by Gasteiger charge is 2.32. The summed E-state index contributed by atoms with van der Waals surface area (Å²) in [7, 11) is 1.76. The fraction of sp³-hybridized carbons (Fsp3) is 0.387. The lowest BCUT2D eigenvalue weighted by Crippen LogP contribution is -2.49. The summed E-state index contributed by atoms with van der Waals surface area (Å²) in [6.07, 6.45) is 2.66. The van der Waals surface area contributed by atoms with Crippen LogP contribution in [-0.2, 0) is 14.3 Å². The second kappa shape index (κ2) is 12.7. The molecule has 1 fully saturated rings. The highest BCUT2D eigenvalue weighted by molar-refractivity contribution is 6.30. The number of carbonyl (C=O) groups is 3. The predicted molar refractivity (Wildman–Crippen MR) is 164 cm³/mol. The number of benzene rings is 1. The molecule has 1 aromatic carbocycles. The second-order valence-electron chi connectivity index (χ2n) is 11.7. The molecule has 2 aromatic heterocycles. The van der Waals surface area contributed by atoms with Crippen LogP contribution in [0.1, 0.15) is 27.2 Å². The van der Waals surface area contributed by atoms with Crippen LogP contribution in [-0.4, -0.2) is 89.7 Å². The van der Waals surface area contributed by atoms with Gasteiger partial charge in [0.1, 0.15) is 18.0 Å². The van der Waals surface area contributed by atoms with E-state index in [1.165, 1.54) is 29.3 Å². The first-order valence-corrected chi connectivity index (χ1v) is 14.6. The quantitative estimate of drug-likeness (QED) is 0.414. The number of likely N-dealkylation sites (N-methyl/N-ethyl adjacent to an activating group) is 1. The smallest absolute Gasteiger partial charge is 0.416 e. The molecule has 0 atom stereocenters. The lowest BCUT2D eigenvalue weighted by Gasteiger charge is -2.32. The Morgan fingerprint density at radius 3 is 2.66 bits per heavy atom. The Kier molecular flexibility index (Phi) is 9.02. The molecule has 0 bridgehead atoms. The summed E-state index contributed by atoms with van der Waals surface area (Å²) in [5.74, 6) is -0.304. The van der Waals surface area contributed by atoms with Crippen LogP contribution in [0.3, 0.4) is 0 Å². The fourth-order valence-corrected chi connectivity index (χ4v) is 5.04. The van der Waals surface area contributed by atoms with Crippen LogP contribution in [0.5, 0.6) is 5.75 Å². The molecule has 2 aliphatic rings. The van der Waals surface area contributed by atoms with Gasteiger partial charge in [-0.15, -0.1) is 0 Å². The van der Waals surface area contributed by atoms with Crippen LogP contribution in [0.15, 0.2) is 42.7 Å². The number of pyridine rings is 2. The molecule has 0 unspecified atom stereocenters. The van der Waals surface area contributed by atoms with Crippen LogP contribution in [0.25, 0.3) is 22.4 Å². The van der Waals surface area contributed by atoms with Gasteiger partial charge in [0.05, 0.1) is 30.7 Å². The van der Waals surface area contributed by atoms with Crippen molar-refractivity contribution >= 4 is 41.0 Å². The molecule has 0 radical (unpaired) electrons. The first-order valence-electron chi connectivity index (χ1n) is 14.2. The van der Waals surface area contributed by atoms with Gasteiger partial charge in [0, 0.05) is 61.0 Å². The molecule has 0 aliphatic carbocycles. The predicted octanol–water partition coefficient (Wildman–Crippen LogP) is 4.84. The van der Waals surface area contributed by atoms with Crippen LogP contribution in [0.4, 0.5) is 20.7 Å². The number of carbonyl (C=O) groups excluding carboxylic acids is 3. The summed E-state index contributed by atoms with van der Waals surface area (Å²) in [4.78, 5) is 51.9. The Labute approximate surface area is 259 Å². The molecule has 4 heterocycles. The summed E-state index contributed by atoms with van der Waals surface area (Å²) >= 11 is 6.20. The van der Waals surface area contributed by atoms with E-state index in [-0.39, 0.29) is 55.0 Å². The van der Waals surface area contributed by atoms with E-state index in [2.05, 4.69) is 15.3 Å². The number of anilines is 2. The Hall–Kier alpha value is -4.29. The number of piperazine rings is 1. The zero-order valence-electron chi connectivity index (χ0n) is 25.0. The van der Waals surface area contributed by atoms with E-state index in [4.69, 9.17) is 21.1 Å². The molecule has 232 valence electrons. The van der Waals surface area contributed by atoms with Crippen molar-refractivity contribution in [1.82, 2.24) is 19.8 Å². The number of hydrogen-bond donors (Lipinski definition) is 1. The molecule has 11 nitrogen and oxygen atoms in total. The average molecular weight is 625 g/mol. The van der Waals surface area contributed by atoms with E-state index in [0.717, 1.165) is 0 Å². The van der Waals surface area contributed by atoms with E-state index in [1.54, 1.807) is 51.0 Å². The van der Waals surface area contributed by atoms with Gasteiger partial charge in [-0.05, 0) is 51.1 Å². The van der Waals surface area contributed by atoms with Gasteiger partial charge in [0.25, 0.3) is 0 Å². The van der Waals surface area contributed by atoms with E-state index in [9.17, 15) is 14.4 Å². The topological polar surface area (TPSA) is 117 Å². The van der Waals surface area contributed by atoms with Gasteiger partial charge < -0.3 is 19.7 Å². The molecule has 3 aromatic rings. The number of rotatable bonds is 6. The van der Waals surface area contributed by atoms with Gasteiger partial charge in [-0.3, -0.25) is 24.4 Å². The zero-order valence-corrected chi connectivity index (χ0v) is 25.8. The third-order valence-corrected chi connectivity index (χ3v) is 7.35. The summed E-state index contributed by atoms with van der Waals surface area (Å²) < 4.78 is 26.7. The third kappa shape index (κ3) is 7.25. The van der Waals surface area contributed by atoms with E-state index >= 15 is 4.39 Å². The van der Waals surface area contributed by atoms with Crippen molar-refractivity contribution in [2.45, 2.75) is 32.8 Å². The van der Waals surface area contributed by atoms with Gasteiger partial charge in [-0.2, -0.15) is 0 Å². The monoisotopic (exact) mass is 624 g/mol. The number of aromatic nitrogens is 2. The van der Waals surface area contributed by atoms with Crippen molar-refractivity contribution < 1.29 is 28.2 Å². The number of ether oxygens (including phenoxy) is 2. The maximum absolute atomic E-state index is 15.0. The van der Waals surface area contributed by atoms with Crippen molar-refractivity contribution in [2.24, 2.45) is 0 Å². The van der Waals surface area contributed by atoms with Crippen molar-refractivity contribution in [3.05, 3.63) is 53.6 Å². The standard InChI is InChI=1S/C31H34ClFN6O5/c1-31(2,3)44-30(42)39-11-12-43-28-22(15-25(36-29(28)39)23-14-20(32)5-6-24(23)33)19-13-21(17-34-16-19)35-26(40)7-8-38-10-9-37(4)27(41)18-38/h5-6,13-17H,7-12,18H2,1-4H3,(H,35,40). The summed E-state index contributed by atoms with van der Waals surface area (Å²) in [5, 5.41) is 3.18. The fourth-order valence-electron chi connectivity index (χ4n) is 4.87. The summed E-state index contributed by atoms with van der Waals surface area (Å²) in [5.41, 5.74) is 1.05. The average Bonchev–Trinajstić information content (AvgIpc) is 2.97. The Morgan fingerprint density at radius 2 is 1.91 bits per heavy atom. The van der Waals surface area contributed by atoms with Gasteiger partial charge >= 0.3 is 6.09 Å². The number of amides is 3. The highest BCUT2D eigenvalue weighted by atomic mass is 35.5. The SMILES string of the molecule is CN1CCN(CCC(=O)Nc2cncc(-c3cc(-c4cc(Cl)ccc4F)nc4c3OCCN4C(=O)OC(C)(C)C)c2)CC1=O. The summed E-state index contributed by atoms with van der Waals surface area (Å²) in [6.45, 7) is 7.68. The van der Waals surface area contributed by atoms with E-state index < -0.39 is 17.5 Å².